The topological polar surface area (TPSA) is 71.3 Å². The van der Waals surface area contributed by atoms with E-state index in [9.17, 15) is 9.59 Å². The normalized spacial score (nSPS) is 16.7. The second kappa shape index (κ2) is 6.20. The van der Waals surface area contributed by atoms with Gasteiger partial charge in [-0.2, -0.15) is 0 Å². The monoisotopic (exact) mass is 332 g/mol. The average molecular weight is 332 g/mol. The van der Waals surface area contributed by atoms with Crippen molar-refractivity contribution >= 4 is 23.2 Å². The Kier molecular flexibility index (Phi) is 4.26. The van der Waals surface area contributed by atoms with Crippen LogP contribution < -0.4 is 10.9 Å². The van der Waals surface area contributed by atoms with Crippen molar-refractivity contribution in [3.63, 3.8) is 0 Å². The van der Waals surface area contributed by atoms with E-state index in [2.05, 4.69) is 17.8 Å². The maximum atomic E-state index is 12.2. The third-order valence-electron chi connectivity index (χ3n) is 4.13. The molecular formula is C17H20N2O3S. The van der Waals surface area contributed by atoms with Crippen LogP contribution in [0.25, 0.3) is 0 Å². The third kappa shape index (κ3) is 3.32. The molecule has 0 aromatic carbocycles. The number of nitrogens with one attached hydrogen (secondary N) is 2. The molecule has 1 aliphatic rings. The van der Waals surface area contributed by atoms with Crippen LogP contribution in [0.15, 0.2) is 16.5 Å². The van der Waals surface area contributed by atoms with Crippen LogP contribution in [0.5, 0.6) is 0 Å². The summed E-state index contributed by atoms with van der Waals surface area (Å²) in [5.41, 5.74) is 6.64. The van der Waals surface area contributed by atoms with E-state index in [0.717, 1.165) is 12.8 Å². The van der Waals surface area contributed by atoms with Crippen molar-refractivity contribution in [3.05, 3.63) is 44.5 Å². The lowest BCUT2D eigenvalue weighted by Crippen LogP contribution is -2.41. The molecule has 2 N–H and O–H groups in total. The Morgan fingerprint density at radius 1 is 1.22 bits per heavy atom. The van der Waals surface area contributed by atoms with Gasteiger partial charge in [0.05, 0.1) is 10.4 Å². The van der Waals surface area contributed by atoms with Gasteiger partial charge in [0, 0.05) is 4.88 Å². The molecule has 0 saturated carbocycles. The molecule has 0 radical (unpaired) electrons. The smallest absolute Gasteiger partial charge is 0.279 e. The Morgan fingerprint density at radius 2 is 1.96 bits per heavy atom. The largest absolute Gasteiger partial charge is 0.466 e. The first-order valence-corrected chi connectivity index (χ1v) is 8.55. The zero-order valence-corrected chi connectivity index (χ0v) is 14.3. The number of hydrogen-bond donors (Lipinski definition) is 2. The number of aryl methyl sites for hydroxylation is 3. The van der Waals surface area contributed by atoms with Crippen LogP contribution in [0.4, 0.5) is 0 Å². The van der Waals surface area contributed by atoms with E-state index in [4.69, 9.17) is 4.42 Å². The number of furan rings is 1. The highest BCUT2D eigenvalue weighted by atomic mass is 32.1. The summed E-state index contributed by atoms with van der Waals surface area (Å²) in [5, 5.41) is 0. The van der Waals surface area contributed by atoms with Crippen molar-refractivity contribution in [2.24, 2.45) is 5.92 Å². The summed E-state index contributed by atoms with van der Waals surface area (Å²) in [6, 6.07) is 3.60. The average Bonchev–Trinajstić information content (AvgIpc) is 3.06. The van der Waals surface area contributed by atoms with Crippen molar-refractivity contribution in [3.8, 4) is 0 Å². The van der Waals surface area contributed by atoms with Crippen molar-refractivity contribution < 1.29 is 14.0 Å². The minimum absolute atomic E-state index is 0.275. The highest BCUT2D eigenvalue weighted by Gasteiger charge is 2.21. The van der Waals surface area contributed by atoms with E-state index >= 15 is 0 Å². The molecule has 23 heavy (non-hydrogen) atoms. The number of rotatable bonds is 2. The van der Waals surface area contributed by atoms with E-state index < -0.39 is 0 Å². The van der Waals surface area contributed by atoms with Gasteiger partial charge in [-0.25, -0.2) is 0 Å². The Labute approximate surface area is 139 Å². The van der Waals surface area contributed by atoms with Gasteiger partial charge in [-0.1, -0.05) is 6.92 Å². The Hall–Kier alpha value is -2.08. The molecule has 1 aliphatic carbocycles. The first-order chi connectivity index (χ1) is 10.9. The first-order valence-electron chi connectivity index (χ1n) is 7.73. The number of amides is 2. The zero-order chi connectivity index (χ0) is 16.6. The lowest BCUT2D eigenvalue weighted by molar-refractivity contribution is 0.0848. The molecule has 0 saturated heterocycles. The highest BCUT2D eigenvalue weighted by molar-refractivity contribution is 7.14. The van der Waals surface area contributed by atoms with Crippen LogP contribution >= 0.6 is 11.3 Å². The van der Waals surface area contributed by atoms with Crippen LogP contribution in [0.2, 0.25) is 0 Å². The summed E-state index contributed by atoms with van der Waals surface area (Å²) in [5.74, 6) is 1.22. The molecule has 0 bridgehead atoms. The number of thiophene rings is 1. The molecule has 2 amide bonds. The summed E-state index contributed by atoms with van der Waals surface area (Å²) < 4.78 is 5.32. The van der Waals surface area contributed by atoms with Gasteiger partial charge in [0.1, 0.15) is 11.5 Å². The van der Waals surface area contributed by atoms with E-state index in [1.54, 1.807) is 19.9 Å². The van der Waals surface area contributed by atoms with E-state index in [-0.39, 0.29) is 11.8 Å². The minimum atomic E-state index is -0.373. The van der Waals surface area contributed by atoms with Crippen molar-refractivity contribution in [1.82, 2.24) is 10.9 Å². The first kappa shape index (κ1) is 15.8. The molecule has 122 valence electrons. The van der Waals surface area contributed by atoms with E-state index in [1.807, 2.05) is 6.07 Å². The summed E-state index contributed by atoms with van der Waals surface area (Å²) >= 11 is 1.52. The molecule has 2 aromatic rings. The highest BCUT2D eigenvalue weighted by Crippen LogP contribution is 2.32. The molecular weight excluding hydrogens is 312 g/mol. The molecule has 0 spiro atoms. The van der Waals surface area contributed by atoms with Gasteiger partial charge >= 0.3 is 0 Å². The van der Waals surface area contributed by atoms with Crippen molar-refractivity contribution in [1.29, 1.82) is 0 Å². The van der Waals surface area contributed by atoms with E-state index in [1.165, 1.54) is 28.2 Å². The second-order valence-electron chi connectivity index (χ2n) is 6.14. The summed E-state index contributed by atoms with van der Waals surface area (Å²) in [7, 11) is 0. The quantitative estimate of drug-likeness (QED) is 0.830. The number of carbonyl (C=O) groups is 2. The summed E-state index contributed by atoms with van der Waals surface area (Å²) in [6.07, 6.45) is 3.23. The van der Waals surface area contributed by atoms with Gasteiger partial charge < -0.3 is 4.42 Å². The predicted octanol–water partition coefficient (Wildman–Crippen LogP) is 3.16. The molecule has 2 aromatic heterocycles. The lowest BCUT2D eigenvalue weighted by atomic mass is 9.90. The number of hydrazine groups is 1. The molecule has 2 heterocycles. The Balaban J connectivity index is 1.64. The fraction of sp³-hybridized carbons (Fsp3) is 0.412. The van der Waals surface area contributed by atoms with Crippen molar-refractivity contribution in [2.45, 2.75) is 40.0 Å². The minimum Gasteiger partial charge on any atom is -0.466 e. The molecule has 3 rings (SSSR count). The van der Waals surface area contributed by atoms with Gasteiger partial charge in [-0.3, -0.25) is 20.4 Å². The lowest BCUT2D eigenvalue weighted by Gasteiger charge is -2.16. The Bertz CT molecular complexity index is 760. The number of hydrogen-bond acceptors (Lipinski definition) is 4. The van der Waals surface area contributed by atoms with E-state index in [0.29, 0.717) is 27.9 Å². The van der Waals surface area contributed by atoms with Gasteiger partial charge in [0.2, 0.25) is 0 Å². The van der Waals surface area contributed by atoms with Crippen LogP contribution in [0.3, 0.4) is 0 Å². The van der Waals surface area contributed by atoms with Crippen molar-refractivity contribution in [2.75, 3.05) is 0 Å². The third-order valence-corrected chi connectivity index (χ3v) is 5.36. The summed E-state index contributed by atoms with van der Waals surface area (Å²) in [6.45, 7) is 5.73. The van der Waals surface area contributed by atoms with Crippen LogP contribution in [0, 0.1) is 19.8 Å². The SMILES string of the molecule is Cc1cc(C(=O)NNC(=O)c2cc3c(s2)CC[C@H](C)C3)c(C)o1. The molecule has 1 atom stereocenters. The Morgan fingerprint density at radius 3 is 2.65 bits per heavy atom. The molecule has 0 unspecified atom stereocenters. The van der Waals surface area contributed by atoms with Crippen LogP contribution in [-0.2, 0) is 12.8 Å². The maximum Gasteiger partial charge on any atom is 0.279 e. The van der Waals surface area contributed by atoms with Gasteiger partial charge in [0.25, 0.3) is 11.8 Å². The standard InChI is InChI=1S/C17H20N2O3S/c1-9-4-5-14-12(6-9)8-15(23-14)17(21)19-18-16(20)13-7-10(2)22-11(13)3/h7-9H,4-6H2,1-3H3,(H,18,20)(H,19,21)/t9-/m0/s1. The van der Waals surface area contributed by atoms with Gasteiger partial charge in [-0.15, -0.1) is 11.3 Å². The predicted molar refractivity (Wildman–Crippen MR) is 88.6 cm³/mol. The second-order valence-corrected chi connectivity index (χ2v) is 7.28. The summed E-state index contributed by atoms with van der Waals surface area (Å²) in [4.78, 5) is 26.2. The van der Waals surface area contributed by atoms with Gasteiger partial charge in [0.15, 0.2) is 0 Å². The zero-order valence-electron chi connectivity index (χ0n) is 13.5. The molecule has 5 nitrogen and oxygen atoms in total. The molecule has 6 heteroatoms. The number of carbonyl (C=O) groups excluding carboxylic acids is 2. The fourth-order valence-electron chi connectivity index (χ4n) is 2.92. The maximum absolute atomic E-state index is 12.2. The van der Waals surface area contributed by atoms with Crippen LogP contribution in [0.1, 0.15) is 55.3 Å². The molecule has 0 aliphatic heterocycles. The van der Waals surface area contributed by atoms with Crippen LogP contribution in [-0.4, -0.2) is 11.8 Å². The fourth-order valence-corrected chi connectivity index (χ4v) is 4.02. The molecule has 0 fully saturated rings. The number of fused-ring (bicyclic) bond motifs is 1. The van der Waals surface area contributed by atoms with Gasteiger partial charge in [-0.05, 0) is 56.7 Å².